The van der Waals surface area contributed by atoms with Crippen LogP contribution in [0.2, 0.25) is 5.02 Å². The summed E-state index contributed by atoms with van der Waals surface area (Å²) in [7, 11) is 0. The first-order valence-electron chi connectivity index (χ1n) is 7.43. The molecule has 0 radical (unpaired) electrons. The first-order chi connectivity index (χ1) is 11.7. The van der Waals surface area contributed by atoms with Crippen LogP contribution in [0.4, 0.5) is 0 Å². The van der Waals surface area contributed by atoms with Gasteiger partial charge in [-0.2, -0.15) is 0 Å². The van der Waals surface area contributed by atoms with Gasteiger partial charge in [-0.15, -0.1) is 14.8 Å². The van der Waals surface area contributed by atoms with Crippen molar-refractivity contribution in [3.63, 3.8) is 0 Å². The van der Waals surface area contributed by atoms with Crippen LogP contribution in [0, 0.1) is 0 Å². The molecule has 4 rings (SSSR count). The van der Waals surface area contributed by atoms with E-state index < -0.39 is 0 Å². The zero-order valence-electron chi connectivity index (χ0n) is 12.6. The summed E-state index contributed by atoms with van der Waals surface area (Å²) in [6, 6.07) is 18.8. The smallest absolute Gasteiger partial charge is 0.183 e. The van der Waals surface area contributed by atoms with Gasteiger partial charge in [0.25, 0.3) is 0 Å². The quantitative estimate of drug-likeness (QED) is 0.621. The van der Waals surface area contributed by atoms with Gasteiger partial charge in [-0.3, -0.25) is 0 Å². The third-order valence-electron chi connectivity index (χ3n) is 3.72. The van der Waals surface area contributed by atoms with Gasteiger partial charge < -0.3 is 5.11 Å². The summed E-state index contributed by atoms with van der Waals surface area (Å²) in [5.41, 5.74) is 4.09. The Hall–Kier alpha value is -2.76. The molecule has 5 nitrogen and oxygen atoms in total. The zero-order valence-corrected chi connectivity index (χ0v) is 13.4. The molecular formula is C18H13ClN4O. The van der Waals surface area contributed by atoms with E-state index in [1.807, 2.05) is 60.7 Å². The predicted octanol–water partition coefficient (Wildman–Crippen LogP) is 3.60. The highest BCUT2D eigenvalue weighted by Crippen LogP contribution is 2.21. The molecular weight excluding hydrogens is 324 g/mol. The molecule has 118 valence electrons. The van der Waals surface area contributed by atoms with Gasteiger partial charge in [0.1, 0.15) is 0 Å². The molecule has 0 saturated carbocycles. The second-order valence-electron chi connectivity index (χ2n) is 5.37. The Labute approximate surface area is 143 Å². The van der Waals surface area contributed by atoms with Gasteiger partial charge in [0.05, 0.1) is 12.3 Å². The van der Waals surface area contributed by atoms with Crippen LogP contribution in [0.25, 0.3) is 28.3 Å². The van der Waals surface area contributed by atoms with E-state index in [0.29, 0.717) is 16.5 Å². The number of rotatable bonds is 3. The molecule has 2 heterocycles. The van der Waals surface area contributed by atoms with Crippen LogP contribution in [0.3, 0.4) is 0 Å². The number of aliphatic hydroxyl groups is 1. The number of nitrogens with zero attached hydrogens (tertiary/aromatic N) is 4. The number of hydrogen-bond donors (Lipinski definition) is 1. The SMILES string of the molecule is OCc1cccc(-c2ccc3nc(-c4ccc(Cl)cc4)nn3n2)c1. The molecule has 0 atom stereocenters. The number of aliphatic hydroxyl groups excluding tert-OH is 1. The molecule has 4 aromatic rings. The Kier molecular flexibility index (Phi) is 3.72. The van der Waals surface area contributed by atoms with Crippen LogP contribution in [0.1, 0.15) is 5.56 Å². The third kappa shape index (κ3) is 2.75. The summed E-state index contributed by atoms with van der Waals surface area (Å²) in [4.78, 5) is 4.49. The molecule has 0 aliphatic carbocycles. The number of aromatic nitrogens is 4. The molecule has 1 N–H and O–H groups in total. The molecule has 0 saturated heterocycles. The maximum Gasteiger partial charge on any atom is 0.183 e. The van der Waals surface area contributed by atoms with Gasteiger partial charge >= 0.3 is 0 Å². The van der Waals surface area contributed by atoms with E-state index in [1.165, 1.54) is 4.63 Å². The van der Waals surface area contributed by atoms with E-state index in [-0.39, 0.29) is 6.61 Å². The van der Waals surface area contributed by atoms with E-state index in [4.69, 9.17) is 11.6 Å². The summed E-state index contributed by atoms with van der Waals surface area (Å²) in [6.45, 7) is 0.000124. The largest absolute Gasteiger partial charge is 0.392 e. The Bertz CT molecular complexity index is 1010. The molecule has 2 aromatic heterocycles. The van der Waals surface area contributed by atoms with Crippen molar-refractivity contribution in [1.29, 1.82) is 0 Å². The van der Waals surface area contributed by atoms with Gasteiger partial charge in [0, 0.05) is 16.1 Å². The lowest BCUT2D eigenvalue weighted by molar-refractivity contribution is 0.282. The Morgan fingerprint density at radius 2 is 1.75 bits per heavy atom. The fraction of sp³-hybridized carbons (Fsp3) is 0.0556. The Morgan fingerprint density at radius 3 is 2.54 bits per heavy atom. The maximum atomic E-state index is 9.27. The average molecular weight is 337 g/mol. The monoisotopic (exact) mass is 336 g/mol. The normalized spacial score (nSPS) is 11.1. The Morgan fingerprint density at radius 1 is 0.917 bits per heavy atom. The van der Waals surface area contributed by atoms with E-state index in [1.54, 1.807) is 0 Å². The van der Waals surface area contributed by atoms with Crippen LogP contribution in [0.5, 0.6) is 0 Å². The molecule has 24 heavy (non-hydrogen) atoms. The standard InChI is InChI=1S/C18H13ClN4O/c19-15-6-4-13(5-7-15)18-20-17-9-8-16(21-23(17)22-18)14-3-1-2-12(10-14)11-24/h1-10,24H,11H2. The van der Waals surface area contributed by atoms with Gasteiger partial charge in [0.15, 0.2) is 11.5 Å². The summed E-state index contributed by atoms with van der Waals surface area (Å²) < 4.78 is 1.52. The zero-order chi connectivity index (χ0) is 16.5. The first-order valence-corrected chi connectivity index (χ1v) is 7.81. The van der Waals surface area contributed by atoms with Crippen molar-refractivity contribution in [3.8, 4) is 22.6 Å². The van der Waals surface area contributed by atoms with Crippen LogP contribution in [0.15, 0.2) is 60.7 Å². The topological polar surface area (TPSA) is 63.3 Å². The van der Waals surface area contributed by atoms with Gasteiger partial charge in [-0.1, -0.05) is 29.8 Å². The van der Waals surface area contributed by atoms with Gasteiger partial charge in [0.2, 0.25) is 0 Å². The highest BCUT2D eigenvalue weighted by atomic mass is 35.5. The average Bonchev–Trinajstić information content (AvgIpc) is 3.05. The van der Waals surface area contributed by atoms with Crippen molar-refractivity contribution in [1.82, 2.24) is 19.8 Å². The lowest BCUT2D eigenvalue weighted by Gasteiger charge is -2.02. The van der Waals surface area contributed by atoms with E-state index in [2.05, 4.69) is 15.2 Å². The summed E-state index contributed by atoms with van der Waals surface area (Å²) in [5.74, 6) is 0.598. The minimum atomic E-state index is 0.000124. The van der Waals surface area contributed by atoms with Crippen molar-refractivity contribution < 1.29 is 5.11 Å². The molecule has 0 bridgehead atoms. The molecule has 0 unspecified atom stereocenters. The van der Waals surface area contributed by atoms with Crippen molar-refractivity contribution in [3.05, 3.63) is 71.2 Å². The summed E-state index contributed by atoms with van der Waals surface area (Å²) in [6.07, 6.45) is 0. The fourth-order valence-corrected chi connectivity index (χ4v) is 2.61. The lowest BCUT2D eigenvalue weighted by Crippen LogP contribution is -1.96. The first kappa shape index (κ1) is 14.8. The predicted molar refractivity (Wildman–Crippen MR) is 92.6 cm³/mol. The van der Waals surface area contributed by atoms with Crippen LogP contribution < -0.4 is 0 Å². The molecule has 0 amide bonds. The molecule has 2 aromatic carbocycles. The molecule has 0 aliphatic heterocycles. The second-order valence-corrected chi connectivity index (χ2v) is 5.80. The number of hydrogen-bond acceptors (Lipinski definition) is 4. The second kappa shape index (κ2) is 6.03. The molecule has 0 aliphatic rings. The molecule has 6 heteroatoms. The highest BCUT2D eigenvalue weighted by molar-refractivity contribution is 6.30. The summed E-state index contributed by atoms with van der Waals surface area (Å²) >= 11 is 5.91. The third-order valence-corrected chi connectivity index (χ3v) is 3.97. The van der Waals surface area contributed by atoms with E-state index in [9.17, 15) is 5.11 Å². The van der Waals surface area contributed by atoms with E-state index >= 15 is 0 Å². The van der Waals surface area contributed by atoms with Crippen molar-refractivity contribution in [2.75, 3.05) is 0 Å². The van der Waals surface area contributed by atoms with Gasteiger partial charge in [-0.25, -0.2) is 4.98 Å². The fourth-order valence-electron chi connectivity index (χ4n) is 2.49. The molecule has 0 fully saturated rings. The lowest BCUT2D eigenvalue weighted by atomic mass is 10.1. The van der Waals surface area contributed by atoms with Crippen LogP contribution in [-0.2, 0) is 6.61 Å². The van der Waals surface area contributed by atoms with Crippen molar-refractivity contribution in [2.24, 2.45) is 0 Å². The highest BCUT2D eigenvalue weighted by Gasteiger charge is 2.09. The Balaban J connectivity index is 1.76. The minimum Gasteiger partial charge on any atom is -0.392 e. The summed E-state index contributed by atoms with van der Waals surface area (Å²) in [5, 5.41) is 18.9. The van der Waals surface area contributed by atoms with Crippen molar-refractivity contribution >= 4 is 17.2 Å². The number of benzene rings is 2. The molecule has 0 spiro atoms. The number of halogens is 1. The minimum absolute atomic E-state index is 0.000124. The van der Waals surface area contributed by atoms with E-state index in [0.717, 1.165) is 22.4 Å². The van der Waals surface area contributed by atoms with Crippen molar-refractivity contribution in [2.45, 2.75) is 6.61 Å². The maximum absolute atomic E-state index is 9.27. The van der Waals surface area contributed by atoms with Gasteiger partial charge in [-0.05, 0) is 48.0 Å². The van der Waals surface area contributed by atoms with Crippen LogP contribution >= 0.6 is 11.6 Å². The van der Waals surface area contributed by atoms with Crippen LogP contribution in [-0.4, -0.2) is 24.9 Å². The number of fused-ring (bicyclic) bond motifs is 1.